The van der Waals surface area contributed by atoms with Crippen LogP contribution < -0.4 is 10.3 Å². The highest BCUT2D eigenvalue weighted by Gasteiger charge is 2.23. The minimum atomic E-state index is -0.245. The summed E-state index contributed by atoms with van der Waals surface area (Å²) in [6, 6.07) is 7.16. The van der Waals surface area contributed by atoms with Crippen LogP contribution in [0.4, 0.5) is 5.82 Å². The molecule has 1 amide bonds. The van der Waals surface area contributed by atoms with Crippen LogP contribution in [0.25, 0.3) is 0 Å². The molecular formula is C15H16N4O2. The molecule has 0 unspecified atom stereocenters. The van der Waals surface area contributed by atoms with E-state index < -0.39 is 0 Å². The molecule has 1 aliphatic heterocycles. The number of rotatable bonds is 2. The summed E-state index contributed by atoms with van der Waals surface area (Å²) < 4.78 is 0. The van der Waals surface area contributed by atoms with Crippen LogP contribution in [0.1, 0.15) is 10.4 Å². The van der Waals surface area contributed by atoms with E-state index in [-0.39, 0.29) is 16.9 Å². The van der Waals surface area contributed by atoms with Crippen LogP contribution in [-0.4, -0.2) is 47.0 Å². The summed E-state index contributed by atoms with van der Waals surface area (Å²) >= 11 is 0. The third-order valence-electron chi connectivity index (χ3n) is 3.59. The number of carbonyl (C=O) groups excluding carboxylic acids is 1. The summed E-state index contributed by atoms with van der Waals surface area (Å²) in [6.07, 6.45) is 4.75. The topological polar surface area (TPSA) is 69.3 Å². The lowest BCUT2D eigenvalue weighted by atomic mass is 10.2. The number of aromatic amines is 1. The molecule has 3 heterocycles. The van der Waals surface area contributed by atoms with Gasteiger partial charge >= 0.3 is 0 Å². The Hall–Kier alpha value is -2.63. The van der Waals surface area contributed by atoms with E-state index in [9.17, 15) is 9.59 Å². The number of carbonyl (C=O) groups is 1. The highest BCUT2D eigenvalue weighted by molar-refractivity contribution is 5.93. The van der Waals surface area contributed by atoms with Gasteiger partial charge < -0.3 is 14.8 Å². The maximum atomic E-state index is 12.3. The van der Waals surface area contributed by atoms with Crippen molar-refractivity contribution in [3.05, 3.63) is 58.6 Å². The van der Waals surface area contributed by atoms with Crippen molar-refractivity contribution in [3.8, 4) is 0 Å². The van der Waals surface area contributed by atoms with E-state index in [1.165, 1.54) is 18.5 Å². The number of nitrogens with zero attached hydrogens (tertiary/aromatic N) is 3. The third kappa shape index (κ3) is 2.79. The quantitative estimate of drug-likeness (QED) is 0.883. The summed E-state index contributed by atoms with van der Waals surface area (Å²) in [6.45, 7) is 2.61. The lowest BCUT2D eigenvalue weighted by molar-refractivity contribution is 0.0745. The van der Waals surface area contributed by atoms with E-state index in [2.05, 4.69) is 14.9 Å². The second-order valence-electron chi connectivity index (χ2n) is 4.89. The number of piperazine rings is 1. The standard InChI is InChI=1S/C15H16N4O2/c20-13-4-6-16-11-12(13)15(21)19-9-7-18(8-10-19)14-3-1-2-5-17-14/h1-6,11H,7-10H2,(H,16,20). The summed E-state index contributed by atoms with van der Waals surface area (Å²) in [7, 11) is 0. The predicted octanol–water partition coefficient (Wildman–Crippen LogP) is 0.732. The molecule has 6 nitrogen and oxygen atoms in total. The first-order chi connectivity index (χ1) is 10.3. The van der Waals surface area contributed by atoms with Gasteiger partial charge in [0.05, 0.1) is 0 Å². The van der Waals surface area contributed by atoms with Crippen molar-refractivity contribution in [1.82, 2.24) is 14.9 Å². The molecule has 0 bridgehead atoms. The largest absolute Gasteiger partial charge is 0.367 e. The average molecular weight is 284 g/mol. The summed E-state index contributed by atoms with van der Waals surface area (Å²) in [5.41, 5.74) is -0.0466. The van der Waals surface area contributed by atoms with E-state index in [1.807, 2.05) is 18.2 Å². The molecule has 6 heteroatoms. The van der Waals surface area contributed by atoms with Gasteiger partial charge in [0.1, 0.15) is 11.4 Å². The van der Waals surface area contributed by atoms with Crippen LogP contribution in [0.3, 0.4) is 0 Å². The number of hydrogen-bond donors (Lipinski definition) is 1. The van der Waals surface area contributed by atoms with Gasteiger partial charge in [0.2, 0.25) is 0 Å². The van der Waals surface area contributed by atoms with Crippen LogP contribution in [-0.2, 0) is 0 Å². The third-order valence-corrected chi connectivity index (χ3v) is 3.59. The van der Waals surface area contributed by atoms with Crippen LogP contribution in [0.2, 0.25) is 0 Å². The van der Waals surface area contributed by atoms with E-state index in [0.29, 0.717) is 26.2 Å². The number of hydrogen-bond acceptors (Lipinski definition) is 4. The van der Waals surface area contributed by atoms with Crippen molar-refractivity contribution >= 4 is 11.7 Å². The number of pyridine rings is 2. The first-order valence-electron chi connectivity index (χ1n) is 6.88. The van der Waals surface area contributed by atoms with Gasteiger partial charge in [-0.2, -0.15) is 0 Å². The molecule has 0 saturated carbocycles. The Morgan fingerprint density at radius 3 is 2.62 bits per heavy atom. The Bertz CT molecular complexity index is 675. The van der Waals surface area contributed by atoms with Crippen molar-refractivity contribution in [2.24, 2.45) is 0 Å². The lowest BCUT2D eigenvalue weighted by Gasteiger charge is -2.35. The molecule has 21 heavy (non-hydrogen) atoms. The Morgan fingerprint density at radius 2 is 1.95 bits per heavy atom. The molecular weight excluding hydrogens is 268 g/mol. The molecule has 2 aromatic heterocycles. The van der Waals surface area contributed by atoms with Crippen molar-refractivity contribution in [1.29, 1.82) is 0 Å². The smallest absolute Gasteiger partial charge is 0.259 e. The fraction of sp³-hybridized carbons (Fsp3) is 0.267. The Labute approximate surface area is 122 Å². The summed E-state index contributed by atoms with van der Waals surface area (Å²) in [4.78, 5) is 35.0. The second kappa shape index (κ2) is 5.78. The highest BCUT2D eigenvalue weighted by atomic mass is 16.2. The molecule has 108 valence electrons. The molecule has 0 aliphatic carbocycles. The van der Waals surface area contributed by atoms with Gasteiger partial charge in [-0.1, -0.05) is 6.07 Å². The van der Waals surface area contributed by atoms with Crippen molar-refractivity contribution in [2.45, 2.75) is 0 Å². The van der Waals surface area contributed by atoms with E-state index >= 15 is 0 Å². The van der Waals surface area contributed by atoms with Gasteiger partial charge in [-0.25, -0.2) is 4.98 Å². The minimum Gasteiger partial charge on any atom is -0.367 e. The molecule has 1 aliphatic rings. The maximum absolute atomic E-state index is 12.3. The SMILES string of the molecule is O=C(c1c[nH]ccc1=O)N1CCN(c2ccccn2)CC1. The second-order valence-corrected chi connectivity index (χ2v) is 4.89. The van der Waals surface area contributed by atoms with Crippen molar-refractivity contribution in [2.75, 3.05) is 31.1 Å². The number of aromatic nitrogens is 2. The summed E-state index contributed by atoms with van der Waals surface area (Å²) in [5.74, 6) is 0.708. The van der Waals surface area contributed by atoms with Crippen LogP contribution in [0.5, 0.6) is 0 Å². The number of amides is 1. The van der Waals surface area contributed by atoms with Gasteiger partial charge in [0, 0.05) is 50.8 Å². The molecule has 1 N–H and O–H groups in total. The highest BCUT2D eigenvalue weighted by Crippen LogP contribution is 2.13. The monoisotopic (exact) mass is 284 g/mol. The van der Waals surface area contributed by atoms with E-state index in [0.717, 1.165) is 5.82 Å². The minimum absolute atomic E-state index is 0.198. The van der Waals surface area contributed by atoms with Gasteiger partial charge in [-0.15, -0.1) is 0 Å². The number of anilines is 1. The number of nitrogens with one attached hydrogen (secondary N) is 1. The average Bonchev–Trinajstić information content (AvgIpc) is 2.56. The maximum Gasteiger partial charge on any atom is 0.259 e. The summed E-state index contributed by atoms with van der Waals surface area (Å²) in [5, 5.41) is 0. The van der Waals surface area contributed by atoms with Crippen molar-refractivity contribution < 1.29 is 4.79 Å². The van der Waals surface area contributed by atoms with Crippen LogP contribution in [0.15, 0.2) is 47.7 Å². The molecule has 1 saturated heterocycles. The van der Waals surface area contributed by atoms with Gasteiger partial charge in [0.15, 0.2) is 5.43 Å². The fourth-order valence-electron chi connectivity index (χ4n) is 2.43. The predicted molar refractivity (Wildman–Crippen MR) is 79.4 cm³/mol. The zero-order valence-electron chi connectivity index (χ0n) is 11.5. The zero-order valence-corrected chi connectivity index (χ0v) is 11.5. The normalized spacial score (nSPS) is 15.0. The fourth-order valence-corrected chi connectivity index (χ4v) is 2.43. The van der Waals surface area contributed by atoms with E-state index in [1.54, 1.807) is 11.1 Å². The van der Waals surface area contributed by atoms with Gasteiger partial charge in [0.25, 0.3) is 5.91 Å². The first kappa shape index (κ1) is 13.4. The molecule has 0 radical (unpaired) electrons. The molecule has 1 fully saturated rings. The number of H-pyrrole nitrogens is 1. The molecule has 0 aromatic carbocycles. The van der Waals surface area contributed by atoms with Gasteiger partial charge in [-0.05, 0) is 12.1 Å². The molecule has 0 atom stereocenters. The first-order valence-corrected chi connectivity index (χ1v) is 6.88. The molecule has 0 spiro atoms. The molecule has 3 rings (SSSR count). The van der Waals surface area contributed by atoms with Crippen LogP contribution in [0, 0.1) is 0 Å². The lowest BCUT2D eigenvalue weighted by Crippen LogP contribution is -2.49. The van der Waals surface area contributed by atoms with Crippen LogP contribution >= 0.6 is 0 Å². The molecule has 2 aromatic rings. The Kier molecular flexibility index (Phi) is 3.68. The Morgan fingerprint density at radius 1 is 1.14 bits per heavy atom. The van der Waals surface area contributed by atoms with E-state index in [4.69, 9.17) is 0 Å². The van der Waals surface area contributed by atoms with Crippen molar-refractivity contribution in [3.63, 3.8) is 0 Å². The zero-order chi connectivity index (χ0) is 14.7. The Balaban J connectivity index is 1.68. The van der Waals surface area contributed by atoms with Gasteiger partial charge in [-0.3, -0.25) is 9.59 Å².